The molecule has 2 fully saturated rings. The van der Waals surface area contributed by atoms with Gasteiger partial charge in [0.25, 0.3) is 0 Å². The molecule has 0 amide bonds. The zero-order valence-corrected chi connectivity index (χ0v) is 11.6. The van der Waals surface area contributed by atoms with E-state index in [2.05, 4.69) is 30.8 Å². The summed E-state index contributed by atoms with van der Waals surface area (Å²) in [4.78, 5) is 11.3. The Morgan fingerprint density at radius 1 is 1.06 bits per heavy atom. The summed E-state index contributed by atoms with van der Waals surface area (Å²) in [6.45, 7) is 1.13. The number of rotatable bonds is 2. The highest BCUT2D eigenvalue weighted by atomic mass is 79.9. The van der Waals surface area contributed by atoms with Gasteiger partial charge in [-0.15, -0.1) is 0 Å². The van der Waals surface area contributed by atoms with Crippen molar-refractivity contribution < 1.29 is 0 Å². The third kappa shape index (κ3) is 2.32. The summed E-state index contributed by atoms with van der Waals surface area (Å²) < 4.78 is 0.956. The maximum Gasteiger partial charge on any atom is 0.225 e. The highest BCUT2D eigenvalue weighted by Gasteiger charge is 2.34. The minimum atomic E-state index is 0.693. The summed E-state index contributed by atoms with van der Waals surface area (Å²) in [5.41, 5.74) is 0. The molecule has 0 bridgehead atoms. The second kappa shape index (κ2) is 4.92. The van der Waals surface area contributed by atoms with E-state index < -0.39 is 0 Å². The first kappa shape index (κ1) is 11.5. The number of hydrogen-bond donors (Lipinski definition) is 0. The summed E-state index contributed by atoms with van der Waals surface area (Å²) in [6.07, 6.45) is 11.9. The van der Waals surface area contributed by atoms with Crippen molar-refractivity contribution >= 4 is 21.9 Å². The summed E-state index contributed by atoms with van der Waals surface area (Å²) in [5, 5.41) is 0. The Hall–Kier alpha value is -0.640. The van der Waals surface area contributed by atoms with Gasteiger partial charge in [0.05, 0.1) is 4.47 Å². The molecule has 1 saturated carbocycles. The van der Waals surface area contributed by atoms with E-state index in [0.29, 0.717) is 6.04 Å². The fourth-order valence-corrected chi connectivity index (χ4v) is 3.53. The quantitative estimate of drug-likeness (QED) is 0.837. The van der Waals surface area contributed by atoms with Crippen molar-refractivity contribution in [2.24, 2.45) is 5.92 Å². The predicted octanol–water partition coefficient (Wildman–Crippen LogP) is 3.40. The summed E-state index contributed by atoms with van der Waals surface area (Å²) in [6, 6.07) is 0.693. The van der Waals surface area contributed by atoms with E-state index in [4.69, 9.17) is 0 Å². The third-order valence-electron chi connectivity index (χ3n) is 4.11. The van der Waals surface area contributed by atoms with Crippen LogP contribution in [0.15, 0.2) is 16.9 Å². The van der Waals surface area contributed by atoms with E-state index >= 15 is 0 Å². The zero-order valence-electron chi connectivity index (χ0n) is 9.98. The molecule has 3 nitrogen and oxygen atoms in total. The lowest BCUT2D eigenvalue weighted by atomic mass is 9.96. The van der Waals surface area contributed by atoms with Gasteiger partial charge >= 0.3 is 0 Å². The van der Waals surface area contributed by atoms with Gasteiger partial charge in [-0.1, -0.05) is 12.8 Å². The number of halogens is 1. The van der Waals surface area contributed by atoms with Crippen LogP contribution in [0.4, 0.5) is 5.95 Å². The number of anilines is 1. The fraction of sp³-hybridized carbons (Fsp3) is 0.692. The fourth-order valence-electron chi connectivity index (χ4n) is 3.33. The largest absolute Gasteiger partial charge is 0.338 e. The first-order valence-electron chi connectivity index (χ1n) is 6.59. The molecular weight excluding hydrogens is 278 g/mol. The first-order valence-corrected chi connectivity index (χ1v) is 7.38. The molecule has 0 spiro atoms. The van der Waals surface area contributed by atoms with Crippen LogP contribution in [-0.2, 0) is 0 Å². The lowest BCUT2D eigenvalue weighted by Crippen LogP contribution is -2.35. The van der Waals surface area contributed by atoms with E-state index in [1.807, 2.05) is 12.4 Å². The second-order valence-corrected chi connectivity index (χ2v) is 6.06. The smallest absolute Gasteiger partial charge is 0.225 e. The molecule has 0 N–H and O–H groups in total. The molecule has 3 rings (SSSR count). The normalized spacial score (nSPS) is 25.7. The van der Waals surface area contributed by atoms with Gasteiger partial charge < -0.3 is 4.90 Å². The Kier molecular flexibility index (Phi) is 3.32. The van der Waals surface area contributed by atoms with Crippen molar-refractivity contribution in [3.63, 3.8) is 0 Å². The molecule has 2 aliphatic rings. The summed E-state index contributed by atoms with van der Waals surface area (Å²) >= 11 is 3.39. The standard InChI is InChI=1S/C13H18BrN3/c14-11-8-15-13(16-9-11)17-7-3-6-12(17)10-4-1-2-5-10/h8-10,12H,1-7H2. The van der Waals surface area contributed by atoms with Crippen LogP contribution < -0.4 is 4.90 Å². The van der Waals surface area contributed by atoms with E-state index in [1.165, 1.54) is 38.5 Å². The topological polar surface area (TPSA) is 29.0 Å². The molecule has 0 radical (unpaired) electrons. The molecule has 17 heavy (non-hydrogen) atoms. The van der Waals surface area contributed by atoms with Crippen LogP contribution in [0.25, 0.3) is 0 Å². The predicted molar refractivity (Wildman–Crippen MR) is 72.1 cm³/mol. The van der Waals surface area contributed by atoms with Crippen molar-refractivity contribution in [1.29, 1.82) is 0 Å². The molecule has 1 aromatic rings. The lowest BCUT2D eigenvalue weighted by Gasteiger charge is -2.29. The Labute approximate surface area is 111 Å². The van der Waals surface area contributed by atoms with Crippen LogP contribution in [0.3, 0.4) is 0 Å². The number of nitrogens with zero attached hydrogens (tertiary/aromatic N) is 3. The summed E-state index contributed by atoms with van der Waals surface area (Å²) in [5.74, 6) is 1.80. The average Bonchev–Trinajstić information content (AvgIpc) is 3.00. The number of aromatic nitrogens is 2. The Morgan fingerprint density at radius 2 is 1.76 bits per heavy atom. The van der Waals surface area contributed by atoms with Crippen LogP contribution >= 0.6 is 15.9 Å². The molecule has 1 aliphatic heterocycles. The Morgan fingerprint density at radius 3 is 2.47 bits per heavy atom. The van der Waals surface area contributed by atoms with E-state index in [0.717, 1.165) is 22.9 Å². The number of hydrogen-bond acceptors (Lipinski definition) is 3. The van der Waals surface area contributed by atoms with Crippen LogP contribution in [0.5, 0.6) is 0 Å². The first-order chi connectivity index (χ1) is 8.34. The van der Waals surface area contributed by atoms with E-state index in [1.54, 1.807) is 0 Å². The van der Waals surface area contributed by atoms with Crippen LogP contribution in [0.2, 0.25) is 0 Å². The van der Waals surface area contributed by atoms with Gasteiger partial charge in [0.2, 0.25) is 5.95 Å². The van der Waals surface area contributed by atoms with Gasteiger partial charge in [-0.25, -0.2) is 9.97 Å². The van der Waals surface area contributed by atoms with Crippen molar-refractivity contribution in [2.75, 3.05) is 11.4 Å². The van der Waals surface area contributed by atoms with Gasteiger partial charge in [0.15, 0.2) is 0 Å². The summed E-state index contributed by atoms with van der Waals surface area (Å²) in [7, 11) is 0. The maximum atomic E-state index is 4.45. The highest BCUT2D eigenvalue weighted by Crippen LogP contribution is 2.36. The molecular formula is C13H18BrN3. The zero-order chi connectivity index (χ0) is 11.7. The monoisotopic (exact) mass is 295 g/mol. The van der Waals surface area contributed by atoms with Gasteiger partial charge in [0, 0.05) is 25.0 Å². The molecule has 0 aromatic carbocycles. The second-order valence-electron chi connectivity index (χ2n) is 5.15. The lowest BCUT2D eigenvalue weighted by molar-refractivity contribution is 0.427. The van der Waals surface area contributed by atoms with Crippen molar-refractivity contribution in [2.45, 2.75) is 44.6 Å². The highest BCUT2D eigenvalue weighted by molar-refractivity contribution is 9.10. The van der Waals surface area contributed by atoms with Crippen LogP contribution in [-0.4, -0.2) is 22.6 Å². The van der Waals surface area contributed by atoms with E-state index in [-0.39, 0.29) is 0 Å². The van der Waals surface area contributed by atoms with Crippen molar-refractivity contribution in [3.8, 4) is 0 Å². The Bertz CT molecular complexity index is 373. The minimum Gasteiger partial charge on any atom is -0.338 e. The molecule has 4 heteroatoms. The van der Waals surface area contributed by atoms with Gasteiger partial charge in [-0.2, -0.15) is 0 Å². The SMILES string of the molecule is Brc1cnc(N2CCCC2C2CCCC2)nc1. The Balaban J connectivity index is 1.78. The van der Waals surface area contributed by atoms with Crippen LogP contribution in [0.1, 0.15) is 38.5 Å². The van der Waals surface area contributed by atoms with Gasteiger partial charge in [-0.05, 0) is 47.5 Å². The third-order valence-corrected chi connectivity index (χ3v) is 4.52. The average molecular weight is 296 g/mol. The van der Waals surface area contributed by atoms with Gasteiger partial charge in [0.1, 0.15) is 0 Å². The molecule has 1 unspecified atom stereocenters. The maximum absolute atomic E-state index is 4.45. The van der Waals surface area contributed by atoms with Gasteiger partial charge in [-0.3, -0.25) is 0 Å². The molecule has 1 saturated heterocycles. The molecule has 1 atom stereocenters. The van der Waals surface area contributed by atoms with Crippen molar-refractivity contribution in [1.82, 2.24) is 9.97 Å². The molecule has 92 valence electrons. The molecule has 2 heterocycles. The van der Waals surface area contributed by atoms with Crippen molar-refractivity contribution in [3.05, 3.63) is 16.9 Å². The molecule has 1 aromatic heterocycles. The molecule has 1 aliphatic carbocycles. The van der Waals surface area contributed by atoms with Crippen LogP contribution in [0, 0.1) is 5.92 Å². The van der Waals surface area contributed by atoms with E-state index in [9.17, 15) is 0 Å². The minimum absolute atomic E-state index is 0.693.